The number of rotatable bonds is 4. The number of hydrogen-bond acceptors (Lipinski definition) is 4. The monoisotopic (exact) mass is 309 g/mol. The number of aryl methyl sites for hydroxylation is 2. The molecule has 116 valence electrons. The first-order chi connectivity index (χ1) is 10.0. The van der Waals surface area contributed by atoms with E-state index in [1.165, 1.54) is 0 Å². The Kier molecular flexibility index (Phi) is 5.33. The molecule has 5 nitrogen and oxygen atoms in total. The molecule has 1 aromatic rings. The van der Waals surface area contributed by atoms with Crippen LogP contribution in [0.15, 0.2) is 0 Å². The van der Waals surface area contributed by atoms with Gasteiger partial charge in [0.2, 0.25) is 11.8 Å². The first-order valence-electron chi connectivity index (χ1n) is 7.49. The number of thiazole rings is 1. The van der Waals surface area contributed by atoms with Crippen LogP contribution in [-0.2, 0) is 22.6 Å². The van der Waals surface area contributed by atoms with Crippen LogP contribution in [0, 0.1) is 12.8 Å². The highest BCUT2D eigenvalue weighted by atomic mass is 32.1. The second-order valence-electron chi connectivity index (χ2n) is 5.48. The molecule has 21 heavy (non-hydrogen) atoms. The van der Waals surface area contributed by atoms with Gasteiger partial charge in [0, 0.05) is 24.9 Å². The molecule has 6 heteroatoms. The standard InChI is InChI=1S/C15H23N3O2S/c1-4-13-14(21-10(2)17-13)8-16-15(20)12-6-5-7-18(9-12)11(3)19/h12H,4-9H2,1-3H3,(H,16,20)/t12-/m1/s1. The third-order valence-corrected chi connectivity index (χ3v) is 4.89. The second-order valence-corrected chi connectivity index (χ2v) is 6.77. The quantitative estimate of drug-likeness (QED) is 0.924. The van der Waals surface area contributed by atoms with Gasteiger partial charge in [0.15, 0.2) is 0 Å². The van der Waals surface area contributed by atoms with Crippen LogP contribution >= 0.6 is 11.3 Å². The van der Waals surface area contributed by atoms with E-state index in [4.69, 9.17) is 0 Å². The Morgan fingerprint density at radius 2 is 2.24 bits per heavy atom. The molecule has 0 aliphatic carbocycles. The number of carbonyl (C=O) groups excluding carboxylic acids is 2. The summed E-state index contributed by atoms with van der Waals surface area (Å²) in [5.74, 6) is 0.0228. The zero-order chi connectivity index (χ0) is 15.4. The topological polar surface area (TPSA) is 62.3 Å². The molecule has 1 atom stereocenters. The summed E-state index contributed by atoms with van der Waals surface area (Å²) < 4.78 is 0. The number of nitrogens with one attached hydrogen (secondary N) is 1. The van der Waals surface area contributed by atoms with Gasteiger partial charge < -0.3 is 10.2 Å². The van der Waals surface area contributed by atoms with Crippen LogP contribution in [0.1, 0.15) is 42.3 Å². The van der Waals surface area contributed by atoms with Crippen molar-refractivity contribution in [2.24, 2.45) is 5.92 Å². The molecule has 0 unspecified atom stereocenters. The fraction of sp³-hybridized carbons (Fsp3) is 0.667. The summed E-state index contributed by atoms with van der Waals surface area (Å²) in [5, 5.41) is 4.05. The molecule has 0 spiro atoms. The van der Waals surface area contributed by atoms with Crippen LogP contribution in [0.5, 0.6) is 0 Å². The predicted molar refractivity (Wildman–Crippen MR) is 83.1 cm³/mol. The number of likely N-dealkylation sites (tertiary alicyclic amines) is 1. The van der Waals surface area contributed by atoms with Gasteiger partial charge in [0.05, 0.1) is 23.2 Å². The minimum absolute atomic E-state index is 0.0501. The van der Waals surface area contributed by atoms with Gasteiger partial charge in [-0.2, -0.15) is 0 Å². The molecule has 0 aromatic carbocycles. The molecule has 0 saturated carbocycles. The van der Waals surface area contributed by atoms with Crippen molar-refractivity contribution in [2.75, 3.05) is 13.1 Å². The minimum atomic E-state index is -0.0817. The van der Waals surface area contributed by atoms with Crippen LogP contribution in [0.3, 0.4) is 0 Å². The Labute approximate surface area is 129 Å². The lowest BCUT2D eigenvalue weighted by molar-refractivity contribution is -0.134. The average molecular weight is 309 g/mol. The largest absolute Gasteiger partial charge is 0.351 e. The van der Waals surface area contributed by atoms with E-state index >= 15 is 0 Å². The van der Waals surface area contributed by atoms with E-state index in [1.54, 1.807) is 23.2 Å². The fourth-order valence-corrected chi connectivity index (χ4v) is 3.68. The summed E-state index contributed by atoms with van der Waals surface area (Å²) in [7, 11) is 0. The number of hydrogen-bond donors (Lipinski definition) is 1. The van der Waals surface area contributed by atoms with Gasteiger partial charge in [-0.05, 0) is 26.2 Å². The molecular formula is C15H23N3O2S. The number of nitrogens with zero attached hydrogens (tertiary/aromatic N) is 2. The molecule has 1 aliphatic rings. The smallest absolute Gasteiger partial charge is 0.225 e. The van der Waals surface area contributed by atoms with Crippen molar-refractivity contribution in [2.45, 2.75) is 46.6 Å². The minimum Gasteiger partial charge on any atom is -0.351 e. The Morgan fingerprint density at radius 1 is 1.48 bits per heavy atom. The summed E-state index contributed by atoms with van der Waals surface area (Å²) in [6, 6.07) is 0. The summed E-state index contributed by atoms with van der Waals surface area (Å²) in [6.45, 7) is 7.49. The molecule has 2 amide bonds. The van der Waals surface area contributed by atoms with Crippen molar-refractivity contribution in [1.29, 1.82) is 0 Å². The maximum Gasteiger partial charge on any atom is 0.225 e. The summed E-state index contributed by atoms with van der Waals surface area (Å²) in [6.07, 6.45) is 2.65. The highest BCUT2D eigenvalue weighted by Gasteiger charge is 2.26. The Balaban J connectivity index is 1.90. The molecule has 2 heterocycles. The van der Waals surface area contributed by atoms with E-state index in [9.17, 15) is 9.59 Å². The SMILES string of the molecule is CCc1nc(C)sc1CNC(=O)[C@@H]1CCCN(C(C)=O)C1. The molecule has 1 aromatic heterocycles. The Morgan fingerprint density at radius 3 is 2.90 bits per heavy atom. The number of aromatic nitrogens is 1. The average Bonchev–Trinajstić information content (AvgIpc) is 2.85. The first-order valence-corrected chi connectivity index (χ1v) is 8.31. The lowest BCUT2D eigenvalue weighted by Gasteiger charge is -2.31. The summed E-state index contributed by atoms with van der Waals surface area (Å²) >= 11 is 1.64. The van der Waals surface area contributed by atoms with Gasteiger partial charge in [-0.15, -0.1) is 11.3 Å². The van der Waals surface area contributed by atoms with E-state index in [0.29, 0.717) is 13.1 Å². The molecule has 1 N–H and O–H groups in total. The molecule has 0 radical (unpaired) electrons. The number of piperidine rings is 1. The number of carbonyl (C=O) groups is 2. The molecular weight excluding hydrogens is 286 g/mol. The van der Waals surface area contributed by atoms with Crippen molar-refractivity contribution in [3.8, 4) is 0 Å². The van der Waals surface area contributed by atoms with E-state index in [2.05, 4.69) is 17.2 Å². The third-order valence-electron chi connectivity index (χ3n) is 3.88. The van der Waals surface area contributed by atoms with E-state index < -0.39 is 0 Å². The van der Waals surface area contributed by atoms with E-state index in [0.717, 1.165) is 41.4 Å². The Bertz CT molecular complexity index is 527. The van der Waals surface area contributed by atoms with Gasteiger partial charge in [0.1, 0.15) is 0 Å². The summed E-state index contributed by atoms with van der Waals surface area (Å²) in [5.41, 5.74) is 1.08. The van der Waals surface area contributed by atoms with E-state index in [-0.39, 0.29) is 17.7 Å². The third kappa shape index (κ3) is 4.03. The van der Waals surface area contributed by atoms with Gasteiger partial charge in [-0.3, -0.25) is 9.59 Å². The molecule has 2 rings (SSSR count). The van der Waals surface area contributed by atoms with Gasteiger partial charge >= 0.3 is 0 Å². The lowest BCUT2D eigenvalue weighted by Crippen LogP contribution is -2.44. The highest BCUT2D eigenvalue weighted by molar-refractivity contribution is 7.11. The molecule has 1 saturated heterocycles. The van der Waals surface area contributed by atoms with Crippen LogP contribution in [-0.4, -0.2) is 34.8 Å². The predicted octanol–water partition coefficient (Wildman–Crippen LogP) is 1.89. The van der Waals surface area contributed by atoms with Gasteiger partial charge in [0.25, 0.3) is 0 Å². The van der Waals surface area contributed by atoms with Crippen LogP contribution < -0.4 is 5.32 Å². The zero-order valence-corrected chi connectivity index (χ0v) is 13.8. The Hall–Kier alpha value is -1.43. The van der Waals surface area contributed by atoms with Crippen LogP contribution in [0.4, 0.5) is 0 Å². The van der Waals surface area contributed by atoms with Crippen LogP contribution in [0.2, 0.25) is 0 Å². The fourth-order valence-electron chi connectivity index (χ4n) is 2.72. The highest BCUT2D eigenvalue weighted by Crippen LogP contribution is 2.20. The molecule has 0 bridgehead atoms. The molecule has 1 fully saturated rings. The van der Waals surface area contributed by atoms with Crippen molar-refractivity contribution >= 4 is 23.2 Å². The van der Waals surface area contributed by atoms with E-state index in [1.807, 2.05) is 6.92 Å². The van der Waals surface area contributed by atoms with Gasteiger partial charge in [-0.1, -0.05) is 6.92 Å². The van der Waals surface area contributed by atoms with Crippen molar-refractivity contribution in [3.63, 3.8) is 0 Å². The maximum atomic E-state index is 12.3. The normalized spacial score (nSPS) is 18.6. The lowest BCUT2D eigenvalue weighted by atomic mass is 9.97. The van der Waals surface area contributed by atoms with Crippen molar-refractivity contribution in [3.05, 3.63) is 15.6 Å². The van der Waals surface area contributed by atoms with Crippen molar-refractivity contribution in [1.82, 2.24) is 15.2 Å². The second kappa shape index (κ2) is 7.02. The number of amides is 2. The van der Waals surface area contributed by atoms with Crippen molar-refractivity contribution < 1.29 is 9.59 Å². The van der Waals surface area contributed by atoms with Crippen LogP contribution in [0.25, 0.3) is 0 Å². The maximum absolute atomic E-state index is 12.3. The summed E-state index contributed by atoms with van der Waals surface area (Å²) in [4.78, 5) is 31.1. The zero-order valence-electron chi connectivity index (χ0n) is 12.9. The first kappa shape index (κ1) is 15.9. The molecule has 1 aliphatic heterocycles. The van der Waals surface area contributed by atoms with Gasteiger partial charge in [-0.25, -0.2) is 4.98 Å².